The zero-order valence-electron chi connectivity index (χ0n) is 45.0. The Bertz CT molecular complexity index is 2350. The van der Waals surface area contributed by atoms with Crippen molar-refractivity contribution in [1.82, 2.24) is 0 Å². The Hall–Kier alpha value is -0.960. The van der Waals surface area contributed by atoms with Crippen LogP contribution in [-0.2, 0) is 38.4 Å². The second kappa shape index (κ2) is 37.6. The maximum atomic E-state index is 14.0. The van der Waals surface area contributed by atoms with Crippen LogP contribution in [0.15, 0.2) is 48.5 Å². The van der Waals surface area contributed by atoms with Crippen molar-refractivity contribution in [1.29, 1.82) is 0 Å². The van der Waals surface area contributed by atoms with Crippen LogP contribution in [0.25, 0.3) is 0 Å². The molecule has 0 aliphatic heterocycles. The molecule has 0 saturated heterocycles. The first kappa shape index (κ1) is 85.5. The van der Waals surface area contributed by atoms with Crippen molar-refractivity contribution in [3.05, 3.63) is 93.0 Å². The van der Waals surface area contributed by atoms with Gasteiger partial charge >= 0.3 is 284 Å². The predicted molar refractivity (Wildman–Crippen MR) is 221 cm³/mol. The van der Waals surface area contributed by atoms with Crippen molar-refractivity contribution < 1.29 is 357 Å². The molecule has 8 bridgehead atoms. The van der Waals surface area contributed by atoms with Crippen LogP contribution in [0, 0.1) is 23.7 Å². The molecular weight excluding hydrogens is 1140 g/mol. The summed E-state index contributed by atoms with van der Waals surface area (Å²) in [5, 5.41) is 190. The molecule has 0 amide bonds. The van der Waals surface area contributed by atoms with Gasteiger partial charge < -0.3 is 81.7 Å². The second-order valence-corrected chi connectivity index (χ2v) is 17.1. The van der Waals surface area contributed by atoms with Crippen molar-refractivity contribution in [3.8, 4) is 46.0 Å². The fourth-order valence-electron chi connectivity index (χ4n) is 9.22. The van der Waals surface area contributed by atoms with E-state index in [0.29, 0.717) is 24.3 Å². The SMILES string of the molecule is O=C(O)C(CCC1c2cc(c([O-])cc2[O-])C(CCC(C(=O)O)C(=O)O)c2cc(c([O-])cc2[O-])C(CCC(C(=O)O)C(=O)O)c2cc(c([O-])cc2[O-])C(CCC(C(=O)O)C(=O)O)c2cc1c([O-])cc2[O-])C(=O)O.[Na+].[Na+].[Na+].[Na+].[Na+].[Na+].[Na+].[Na+]. The number of carbonyl (C=O) groups is 8. The average molecular weight is 1180 g/mol. The first-order chi connectivity index (χ1) is 33.7. The van der Waals surface area contributed by atoms with Crippen molar-refractivity contribution in [2.75, 3.05) is 0 Å². The van der Waals surface area contributed by atoms with Crippen LogP contribution in [0.3, 0.4) is 0 Å². The number of hydrogen-bond donors (Lipinski definition) is 8. The van der Waals surface area contributed by atoms with E-state index in [1.54, 1.807) is 0 Å². The molecule has 0 spiro atoms. The molecule has 0 aromatic heterocycles. The number of carboxylic acid groups (broad SMARTS) is 8. The van der Waals surface area contributed by atoms with E-state index in [0.717, 1.165) is 24.3 Å². The molecule has 0 radical (unpaired) electrons. The van der Waals surface area contributed by atoms with Gasteiger partial charge in [-0.3, -0.25) is 38.4 Å². The van der Waals surface area contributed by atoms with Crippen LogP contribution in [0.1, 0.15) is 120 Å². The third-order valence-corrected chi connectivity index (χ3v) is 12.9. The predicted octanol–water partition coefficient (Wildman–Crippen LogP) is -24.6. The van der Waals surface area contributed by atoms with Gasteiger partial charge in [-0.1, -0.05) is 48.5 Å². The Morgan fingerprint density at radius 1 is 0.263 bits per heavy atom. The number of benzene rings is 4. The van der Waals surface area contributed by atoms with E-state index >= 15 is 0 Å². The molecule has 0 heterocycles. The molecule has 5 rings (SSSR count). The van der Waals surface area contributed by atoms with Gasteiger partial charge in [-0.15, -0.1) is 46.0 Å². The van der Waals surface area contributed by atoms with E-state index in [1.165, 1.54) is 0 Å². The Morgan fingerprint density at radius 2 is 0.375 bits per heavy atom. The Labute approximate surface area is 632 Å². The van der Waals surface area contributed by atoms with Crippen molar-refractivity contribution in [2.24, 2.45) is 23.7 Å². The number of fused-ring (bicyclic) bond motifs is 8. The van der Waals surface area contributed by atoms with Gasteiger partial charge in [0.05, 0.1) is 0 Å². The molecule has 80 heavy (non-hydrogen) atoms. The quantitative estimate of drug-likeness (QED) is 0.0301. The summed E-state index contributed by atoms with van der Waals surface area (Å²) >= 11 is 0. The number of hydrogen-bond acceptors (Lipinski definition) is 16. The number of carboxylic acids is 8. The minimum absolute atomic E-state index is 0. The zero-order chi connectivity index (χ0) is 53.8. The molecule has 384 valence electrons. The minimum atomic E-state index is -2.24. The van der Waals surface area contributed by atoms with Gasteiger partial charge in [0, 0.05) is 23.7 Å². The maximum absolute atomic E-state index is 14.0. The van der Waals surface area contributed by atoms with Crippen LogP contribution in [-0.4, -0.2) is 88.6 Å². The third-order valence-electron chi connectivity index (χ3n) is 12.9. The first-order valence-corrected chi connectivity index (χ1v) is 21.6. The average Bonchev–Trinajstić information content (AvgIpc) is 3.25. The largest absolute Gasteiger partial charge is 1.00 e. The van der Waals surface area contributed by atoms with Gasteiger partial charge in [0.25, 0.3) is 0 Å². The van der Waals surface area contributed by atoms with Crippen LogP contribution in [0.4, 0.5) is 0 Å². The molecule has 0 unspecified atom stereocenters. The molecule has 8 N–H and O–H groups in total. The van der Waals surface area contributed by atoms with Crippen molar-refractivity contribution in [2.45, 2.75) is 75.0 Å². The molecule has 24 nitrogen and oxygen atoms in total. The number of rotatable bonds is 20. The van der Waals surface area contributed by atoms with Gasteiger partial charge in [0.15, 0.2) is 23.7 Å². The molecule has 4 aromatic carbocycles. The van der Waals surface area contributed by atoms with E-state index in [-0.39, 0.29) is 236 Å². The van der Waals surface area contributed by atoms with E-state index in [1.807, 2.05) is 0 Å². The van der Waals surface area contributed by atoms with Crippen molar-refractivity contribution in [3.63, 3.8) is 0 Å². The first-order valence-electron chi connectivity index (χ1n) is 21.6. The van der Waals surface area contributed by atoms with E-state index in [4.69, 9.17) is 0 Å². The summed E-state index contributed by atoms with van der Waals surface area (Å²) in [5.41, 5.74) is -5.10. The van der Waals surface area contributed by atoms with Crippen LogP contribution in [0.5, 0.6) is 46.0 Å². The molecule has 0 saturated carbocycles. The summed E-state index contributed by atoms with van der Waals surface area (Å²) < 4.78 is 0. The minimum Gasteiger partial charge on any atom is -0.872 e. The smallest absolute Gasteiger partial charge is 0.872 e. The van der Waals surface area contributed by atoms with Gasteiger partial charge in [0.2, 0.25) is 0 Å². The fourth-order valence-corrected chi connectivity index (χ4v) is 9.22. The van der Waals surface area contributed by atoms with Crippen LogP contribution in [0.2, 0.25) is 0 Å². The normalized spacial score (nSPS) is 14.8. The Kier molecular flexibility index (Phi) is 40.1. The monoisotopic (exact) mass is 1180 g/mol. The van der Waals surface area contributed by atoms with Gasteiger partial charge in [0.1, 0.15) is 0 Å². The molecule has 0 atom stereocenters. The summed E-state index contributed by atoms with van der Waals surface area (Å²) in [6.45, 7) is 0. The Balaban J connectivity index is -0.00000361. The maximum Gasteiger partial charge on any atom is 1.00 e. The van der Waals surface area contributed by atoms with Crippen LogP contribution < -0.4 is 277 Å². The molecule has 1 aliphatic carbocycles. The molecule has 4 aromatic rings. The van der Waals surface area contributed by atoms with Gasteiger partial charge in [-0.25, -0.2) is 0 Å². The third kappa shape index (κ3) is 20.6. The summed E-state index contributed by atoms with van der Waals surface area (Å²) in [6, 6.07) is 4.77. The zero-order valence-corrected chi connectivity index (χ0v) is 61.0. The number of aliphatic carboxylic acids is 8. The summed E-state index contributed by atoms with van der Waals surface area (Å²) in [5.74, 6) is -41.4. The molecule has 1 aliphatic rings. The van der Waals surface area contributed by atoms with Crippen molar-refractivity contribution >= 4 is 47.8 Å². The van der Waals surface area contributed by atoms with Gasteiger partial charge in [-0.2, -0.15) is 0 Å². The summed E-state index contributed by atoms with van der Waals surface area (Å²) in [4.78, 5) is 96.7. The van der Waals surface area contributed by atoms with E-state index in [2.05, 4.69) is 0 Å². The van der Waals surface area contributed by atoms with E-state index < -0.39 is 237 Å². The Morgan fingerprint density at radius 3 is 0.475 bits per heavy atom. The fraction of sp³-hybridized carbons (Fsp3) is 0.333. The summed E-state index contributed by atoms with van der Waals surface area (Å²) in [7, 11) is 0. The van der Waals surface area contributed by atoms with Crippen LogP contribution >= 0.6 is 0 Å². The van der Waals surface area contributed by atoms with Gasteiger partial charge in [-0.05, 0) is 95.9 Å². The standard InChI is InChI=1S/C48H48O24.8Na/c49-33-13-35(51)27-9-25(33)17(1-5-21(41(57)58)42(59)60)26-10-28(36(52)14-34(26)50)19(3-7-23(45(65)66)46(67)68)30-12-32(40(56)16-38(30)54)20(4-8-24(47(69)70)48(71)72)31-11-29(37(53)15-39(31)55)18(27)2-6-22(43(61)62)44(63)64;;;;;;;;/h9-24,49-56H,1-8H2,(H,57,58)(H,59,60)(H,61,62)(H,63,64)(H,65,66)(H,67,68)(H,69,70)(H,71,72);;;;;;;;/q;8*+1/p-8. The topological polar surface area (TPSA) is 483 Å². The molecule has 0 fully saturated rings. The molecule has 32 heteroatoms. The van der Waals surface area contributed by atoms with E-state index in [9.17, 15) is 120 Å². The summed E-state index contributed by atoms with van der Waals surface area (Å²) in [6.07, 6.45) is -6.76. The molecular formula is C48H40Na8O24. The second-order valence-electron chi connectivity index (χ2n) is 17.1.